The summed E-state index contributed by atoms with van der Waals surface area (Å²) in [4.78, 5) is 0. The van der Waals surface area contributed by atoms with Crippen LogP contribution >= 0.6 is 0 Å². The second-order valence-corrected chi connectivity index (χ2v) is 7.47. The van der Waals surface area contributed by atoms with Gasteiger partial charge in [-0.2, -0.15) is 0 Å². The predicted molar refractivity (Wildman–Crippen MR) is 77.8 cm³/mol. The summed E-state index contributed by atoms with van der Waals surface area (Å²) in [6.07, 6.45) is 0.799. The Kier molecular flexibility index (Phi) is 6.10. The van der Waals surface area contributed by atoms with Crippen LogP contribution in [0.1, 0.15) is 25.3 Å². The van der Waals surface area contributed by atoms with Gasteiger partial charge in [0.15, 0.2) is 0 Å². The summed E-state index contributed by atoms with van der Waals surface area (Å²) < 4.78 is 36.3. The largest absolute Gasteiger partial charge is 0.395 e. The van der Waals surface area contributed by atoms with Crippen molar-refractivity contribution in [2.75, 3.05) is 24.7 Å². The highest BCUT2D eigenvalue weighted by Gasteiger charge is 2.30. The highest BCUT2D eigenvalue weighted by molar-refractivity contribution is 7.91. The lowest BCUT2D eigenvalue weighted by Gasteiger charge is -2.31. The molecule has 1 aromatic rings. The topological polar surface area (TPSA) is 80.4 Å². The van der Waals surface area contributed by atoms with E-state index >= 15 is 0 Å². The number of hydrogen-bond donors (Lipinski definition) is 2. The molecule has 6 heteroatoms. The van der Waals surface area contributed by atoms with Crippen LogP contribution in [0.4, 0.5) is 4.39 Å². The fourth-order valence-electron chi connectivity index (χ4n) is 2.19. The number of benzene rings is 1. The lowest BCUT2D eigenvalue weighted by atomic mass is 9.77. The number of nitrogens with two attached hydrogens (primary N) is 1. The molecule has 3 N–H and O–H groups in total. The Morgan fingerprint density at radius 3 is 2.60 bits per heavy atom. The molecule has 1 atom stereocenters. The zero-order chi connectivity index (χ0) is 15.2. The molecule has 1 unspecified atom stereocenters. The fraction of sp³-hybridized carbons (Fsp3) is 0.571. The van der Waals surface area contributed by atoms with Gasteiger partial charge in [0.05, 0.1) is 12.4 Å². The molecule has 0 aliphatic carbocycles. The highest BCUT2D eigenvalue weighted by Crippen LogP contribution is 2.29. The van der Waals surface area contributed by atoms with Gasteiger partial charge in [0, 0.05) is 17.7 Å². The quantitative estimate of drug-likeness (QED) is 0.757. The first kappa shape index (κ1) is 17.1. The number of aliphatic hydroxyl groups is 1. The van der Waals surface area contributed by atoms with E-state index in [-0.39, 0.29) is 24.7 Å². The number of sulfone groups is 1. The lowest BCUT2D eigenvalue weighted by Crippen LogP contribution is -2.39. The normalized spacial score (nSPS) is 15.0. The Morgan fingerprint density at radius 1 is 1.40 bits per heavy atom. The van der Waals surface area contributed by atoms with E-state index in [2.05, 4.69) is 0 Å². The summed E-state index contributed by atoms with van der Waals surface area (Å²) in [5.41, 5.74) is 5.57. The number of rotatable bonds is 8. The molecule has 0 aliphatic heterocycles. The first-order valence-electron chi connectivity index (χ1n) is 6.66. The van der Waals surface area contributed by atoms with Crippen LogP contribution < -0.4 is 5.73 Å². The summed E-state index contributed by atoms with van der Waals surface area (Å²) in [7, 11) is -3.05. The van der Waals surface area contributed by atoms with Crippen molar-refractivity contribution < 1.29 is 17.9 Å². The van der Waals surface area contributed by atoms with Crippen LogP contribution in [0.5, 0.6) is 0 Å². The van der Waals surface area contributed by atoms with Crippen molar-refractivity contribution in [3.8, 4) is 0 Å². The second kappa shape index (κ2) is 7.15. The lowest BCUT2D eigenvalue weighted by molar-refractivity contribution is 0.187. The van der Waals surface area contributed by atoms with Crippen molar-refractivity contribution in [3.05, 3.63) is 35.6 Å². The summed E-state index contributed by atoms with van der Waals surface area (Å²) in [5.74, 6) is -0.239. The summed E-state index contributed by atoms with van der Waals surface area (Å²) in [5, 5.41) is 9.66. The summed E-state index contributed by atoms with van der Waals surface area (Å²) >= 11 is 0. The van der Waals surface area contributed by atoms with Crippen molar-refractivity contribution >= 4 is 9.84 Å². The number of hydrogen-bond acceptors (Lipinski definition) is 4. The van der Waals surface area contributed by atoms with Gasteiger partial charge in [-0.15, -0.1) is 0 Å². The Balaban J connectivity index is 2.88. The molecule has 0 fully saturated rings. The second-order valence-electron chi connectivity index (χ2n) is 4.99. The maximum Gasteiger partial charge on any atom is 0.150 e. The van der Waals surface area contributed by atoms with Crippen LogP contribution in [0.3, 0.4) is 0 Å². The van der Waals surface area contributed by atoms with E-state index in [0.29, 0.717) is 18.4 Å². The predicted octanol–water partition coefficient (Wildman–Crippen LogP) is 1.23. The van der Waals surface area contributed by atoms with Gasteiger partial charge in [-0.1, -0.05) is 19.1 Å². The van der Waals surface area contributed by atoms with Crippen LogP contribution in [-0.2, 0) is 15.3 Å². The maximum atomic E-state index is 13.3. The summed E-state index contributed by atoms with van der Waals surface area (Å²) in [6, 6.07) is 5.94. The molecular formula is C14H22FNO3S. The minimum Gasteiger partial charge on any atom is -0.395 e. The SMILES string of the molecule is CCS(=O)(=O)CCCC(CN)(CO)c1cccc(F)c1. The minimum atomic E-state index is -3.05. The molecule has 0 aliphatic rings. The monoisotopic (exact) mass is 303 g/mol. The summed E-state index contributed by atoms with van der Waals surface area (Å²) in [6.45, 7) is 1.50. The Labute approximate surface area is 119 Å². The van der Waals surface area contributed by atoms with Gasteiger partial charge < -0.3 is 10.8 Å². The number of aliphatic hydroxyl groups excluding tert-OH is 1. The number of halogens is 1. The molecule has 0 radical (unpaired) electrons. The third kappa shape index (κ3) is 4.26. The smallest absolute Gasteiger partial charge is 0.150 e. The van der Waals surface area contributed by atoms with Crippen molar-refractivity contribution in [1.29, 1.82) is 0 Å². The van der Waals surface area contributed by atoms with Gasteiger partial charge in [0.25, 0.3) is 0 Å². The Hall–Kier alpha value is -0.980. The van der Waals surface area contributed by atoms with E-state index in [1.807, 2.05) is 0 Å². The minimum absolute atomic E-state index is 0.0561. The van der Waals surface area contributed by atoms with E-state index in [1.165, 1.54) is 12.1 Å². The third-order valence-corrected chi connectivity index (χ3v) is 5.47. The van der Waals surface area contributed by atoms with Crippen molar-refractivity contribution in [3.63, 3.8) is 0 Å². The van der Waals surface area contributed by atoms with E-state index in [0.717, 1.165) is 0 Å². The molecule has 20 heavy (non-hydrogen) atoms. The average molecular weight is 303 g/mol. The zero-order valence-electron chi connectivity index (χ0n) is 11.7. The average Bonchev–Trinajstić information content (AvgIpc) is 2.44. The zero-order valence-corrected chi connectivity index (χ0v) is 12.5. The molecule has 0 spiro atoms. The molecule has 1 aromatic carbocycles. The van der Waals surface area contributed by atoms with Crippen LogP contribution in [0.25, 0.3) is 0 Å². The van der Waals surface area contributed by atoms with Crippen molar-refractivity contribution in [1.82, 2.24) is 0 Å². The fourth-order valence-corrected chi connectivity index (χ4v) is 3.07. The first-order valence-corrected chi connectivity index (χ1v) is 8.48. The van der Waals surface area contributed by atoms with E-state index in [1.54, 1.807) is 19.1 Å². The molecule has 114 valence electrons. The van der Waals surface area contributed by atoms with Crippen LogP contribution in [0.2, 0.25) is 0 Å². The molecule has 0 saturated carbocycles. The van der Waals surface area contributed by atoms with Crippen LogP contribution in [0.15, 0.2) is 24.3 Å². The maximum absolute atomic E-state index is 13.3. The first-order chi connectivity index (χ1) is 9.39. The Bertz CT molecular complexity index is 527. The molecule has 0 amide bonds. The van der Waals surface area contributed by atoms with E-state index < -0.39 is 21.1 Å². The van der Waals surface area contributed by atoms with Crippen LogP contribution in [-0.4, -0.2) is 38.2 Å². The molecule has 0 heterocycles. The molecule has 4 nitrogen and oxygen atoms in total. The molecule has 0 aromatic heterocycles. The van der Waals surface area contributed by atoms with Crippen molar-refractivity contribution in [2.45, 2.75) is 25.2 Å². The van der Waals surface area contributed by atoms with Crippen molar-refractivity contribution in [2.24, 2.45) is 5.73 Å². The highest BCUT2D eigenvalue weighted by atomic mass is 32.2. The van der Waals surface area contributed by atoms with Gasteiger partial charge in [0.1, 0.15) is 15.7 Å². The van der Waals surface area contributed by atoms with Gasteiger partial charge >= 0.3 is 0 Å². The Morgan fingerprint density at radius 2 is 2.10 bits per heavy atom. The van der Waals surface area contributed by atoms with E-state index in [4.69, 9.17) is 5.73 Å². The van der Waals surface area contributed by atoms with Gasteiger partial charge in [0.2, 0.25) is 0 Å². The molecule has 0 bridgehead atoms. The molecular weight excluding hydrogens is 281 g/mol. The molecule has 1 rings (SSSR count). The third-order valence-electron chi connectivity index (χ3n) is 3.68. The van der Waals surface area contributed by atoms with Gasteiger partial charge in [-0.05, 0) is 30.5 Å². The van der Waals surface area contributed by atoms with Gasteiger partial charge in [-0.25, -0.2) is 12.8 Å². The standard InChI is InChI=1S/C14H22FNO3S/c1-2-20(18,19)8-4-7-14(10-16,11-17)12-5-3-6-13(15)9-12/h3,5-6,9,17H,2,4,7-8,10-11,16H2,1H3. The molecule has 0 saturated heterocycles. The van der Waals surface area contributed by atoms with Gasteiger partial charge in [-0.3, -0.25) is 0 Å². The van der Waals surface area contributed by atoms with E-state index in [9.17, 15) is 17.9 Å². The van der Waals surface area contributed by atoms with Crippen LogP contribution in [0, 0.1) is 5.82 Å².